The summed E-state index contributed by atoms with van der Waals surface area (Å²) < 4.78 is 5.49. The summed E-state index contributed by atoms with van der Waals surface area (Å²) in [6.07, 6.45) is 7.18. The maximum atomic E-state index is 13.4. The average molecular weight is 453 g/mol. The molecular weight excluding hydrogens is 420 g/mol. The quantitative estimate of drug-likeness (QED) is 0.652. The number of nitrogens with one attached hydrogen (secondary N) is 1. The van der Waals surface area contributed by atoms with E-state index in [0.717, 1.165) is 54.9 Å². The molecule has 2 unspecified atom stereocenters. The second-order valence-corrected chi connectivity index (χ2v) is 9.09. The first kappa shape index (κ1) is 23.0. The maximum Gasteiger partial charge on any atom is 0.303 e. The van der Waals surface area contributed by atoms with E-state index >= 15 is 0 Å². The highest BCUT2D eigenvalue weighted by Crippen LogP contribution is 2.31. The van der Waals surface area contributed by atoms with E-state index in [1.165, 1.54) is 6.92 Å². The minimum absolute atomic E-state index is 0.0268. The Morgan fingerprint density at radius 2 is 1.94 bits per heavy atom. The molecule has 0 bridgehead atoms. The van der Waals surface area contributed by atoms with E-state index in [0.29, 0.717) is 25.3 Å². The molecule has 2 aliphatic rings. The van der Waals surface area contributed by atoms with Crippen LogP contribution in [0, 0.1) is 5.92 Å². The monoisotopic (exact) mass is 452 g/mol. The largest absolute Gasteiger partial charge is 0.452 e. The van der Waals surface area contributed by atoms with Gasteiger partial charge in [-0.1, -0.05) is 31.4 Å². The number of rotatable bonds is 6. The lowest BCUT2D eigenvalue weighted by atomic mass is 9.84. The molecule has 4 rings (SSSR count). The fourth-order valence-electron chi connectivity index (χ4n) is 5.10. The van der Waals surface area contributed by atoms with Crippen molar-refractivity contribution in [3.05, 3.63) is 36.0 Å². The minimum atomic E-state index is -0.796. The van der Waals surface area contributed by atoms with Crippen LogP contribution in [0.25, 0.3) is 10.8 Å². The number of likely N-dealkylation sites (tertiary alicyclic amines) is 1. The van der Waals surface area contributed by atoms with Crippen molar-refractivity contribution in [2.24, 2.45) is 5.92 Å². The number of anilines is 1. The molecule has 2 fully saturated rings. The molecular formula is C25H32N4O4. The van der Waals surface area contributed by atoms with Crippen molar-refractivity contribution < 1.29 is 19.1 Å². The number of esters is 1. The van der Waals surface area contributed by atoms with Crippen LogP contribution >= 0.6 is 0 Å². The summed E-state index contributed by atoms with van der Waals surface area (Å²) in [6.45, 7) is 2.19. The van der Waals surface area contributed by atoms with Crippen LogP contribution in [0.15, 0.2) is 30.5 Å². The molecule has 33 heavy (non-hydrogen) atoms. The van der Waals surface area contributed by atoms with Gasteiger partial charge < -0.3 is 20.7 Å². The molecule has 2 aromatic rings. The van der Waals surface area contributed by atoms with Crippen LogP contribution in [0.2, 0.25) is 0 Å². The second-order valence-electron chi connectivity index (χ2n) is 9.09. The SMILES string of the molecule is CC(=O)OC(C(=O)N1CCCC1C(=O)NCc1ccc2c(N)nccc2c1)C1CCCCC1. The Morgan fingerprint density at radius 3 is 2.70 bits per heavy atom. The number of amides is 2. The van der Waals surface area contributed by atoms with Gasteiger partial charge >= 0.3 is 5.97 Å². The molecule has 1 aliphatic carbocycles. The topological polar surface area (TPSA) is 115 Å². The Kier molecular flexibility index (Phi) is 7.11. The second kappa shape index (κ2) is 10.2. The van der Waals surface area contributed by atoms with Gasteiger partial charge in [0.1, 0.15) is 11.9 Å². The molecule has 8 heteroatoms. The predicted octanol–water partition coefficient (Wildman–Crippen LogP) is 2.94. The number of fused-ring (bicyclic) bond motifs is 1. The van der Waals surface area contributed by atoms with E-state index in [9.17, 15) is 14.4 Å². The lowest BCUT2D eigenvalue weighted by Crippen LogP contribution is -2.51. The Morgan fingerprint density at radius 1 is 1.15 bits per heavy atom. The van der Waals surface area contributed by atoms with E-state index < -0.39 is 18.1 Å². The highest BCUT2D eigenvalue weighted by Gasteiger charge is 2.41. The first-order valence-electron chi connectivity index (χ1n) is 11.8. The first-order valence-corrected chi connectivity index (χ1v) is 11.8. The third-order valence-electron chi connectivity index (χ3n) is 6.78. The number of ether oxygens (including phenoxy) is 1. The number of carbonyl (C=O) groups excluding carboxylic acids is 3. The number of nitrogens with two attached hydrogens (primary N) is 1. The minimum Gasteiger partial charge on any atom is -0.452 e. The summed E-state index contributed by atoms with van der Waals surface area (Å²) in [6, 6.07) is 7.13. The Labute approximate surface area is 193 Å². The van der Waals surface area contributed by atoms with Crippen LogP contribution in [0.1, 0.15) is 57.4 Å². The molecule has 176 valence electrons. The fourth-order valence-corrected chi connectivity index (χ4v) is 5.10. The van der Waals surface area contributed by atoms with Gasteiger partial charge in [-0.3, -0.25) is 14.4 Å². The number of carbonyl (C=O) groups is 3. The molecule has 8 nitrogen and oxygen atoms in total. The van der Waals surface area contributed by atoms with E-state index in [2.05, 4.69) is 10.3 Å². The van der Waals surface area contributed by atoms with E-state index in [4.69, 9.17) is 10.5 Å². The van der Waals surface area contributed by atoms with Crippen molar-refractivity contribution in [2.75, 3.05) is 12.3 Å². The summed E-state index contributed by atoms with van der Waals surface area (Å²) in [5.74, 6) is -0.363. The highest BCUT2D eigenvalue weighted by molar-refractivity contribution is 5.92. The summed E-state index contributed by atoms with van der Waals surface area (Å²) in [5, 5.41) is 4.81. The van der Waals surface area contributed by atoms with Crippen LogP contribution in [0.4, 0.5) is 5.82 Å². The van der Waals surface area contributed by atoms with E-state index in [1.54, 1.807) is 11.1 Å². The summed E-state index contributed by atoms with van der Waals surface area (Å²) in [4.78, 5) is 43.9. The molecule has 2 atom stereocenters. The molecule has 1 aromatic heterocycles. The number of hydrogen-bond acceptors (Lipinski definition) is 6. The molecule has 0 spiro atoms. The van der Waals surface area contributed by atoms with Crippen molar-refractivity contribution in [2.45, 2.75) is 70.6 Å². The fraction of sp³-hybridized carbons (Fsp3) is 0.520. The molecule has 1 aliphatic heterocycles. The van der Waals surface area contributed by atoms with Crippen molar-refractivity contribution in [3.8, 4) is 0 Å². The van der Waals surface area contributed by atoms with Crippen LogP contribution in [-0.2, 0) is 25.7 Å². The zero-order chi connectivity index (χ0) is 23.4. The van der Waals surface area contributed by atoms with Gasteiger partial charge in [0.25, 0.3) is 5.91 Å². The van der Waals surface area contributed by atoms with Crippen molar-refractivity contribution in [1.82, 2.24) is 15.2 Å². The molecule has 2 amide bonds. The number of hydrogen-bond donors (Lipinski definition) is 2. The van der Waals surface area contributed by atoms with Crippen molar-refractivity contribution >= 4 is 34.4 Å². The molecule has 3 N–H and O–H groups in total. The number of pyridine rings is 1. The molecule has 1 aromatic carbocycles. The van der Waals surface area contributed by atoms with Crippen LogP contribution in [0.5, 0.6) is 0 Å². The van der Waals surface area contributed by atoms with Gasteiger partial charge in [-0.2, -0.15) is 0 Å². The standard InChI is InChI=1S/C25H32N4O4/c1-16(30)33-22(18-6-3-2-4-7-18)25(32)29-13-5-8-21(29)24(31)28-15-17-9-10-20-19(14-17)11-12-27-23(20)26/h9-12,14,18,21-22H,2-8,13,15H2,1H3,(H2,26,27)(H,28,31). The smallest absolute Gasteiger partial charge is 0.303 e. The van der Waals surface area contributed by atoms with Gasteiger partial charge in [-0.15, -0.1) is 0 Å². The van der Waals surface area contributed by atoms with E-state index in [-0.39, 0.29) is 17.7 Å². The van der Waals surface area contributed by atoms with Crippen LogP contribution < -0.4 is 11.1 Å². The Bertz CT molecular complexity index is 1030. The van der Waals surface area contributed by atoms with Gasteiger partial charge in [-0.05, 0) is 48.8 Å². The maximum absolute atomic E-state index is 13.4. The lowest BCUT2D eigenvalue weighted by molar-refractivity contribution is -0.164. The zero-order valence-corrected chi connectivity index (χ0v) is 19.1. The van der Waals surface area contributed by atoms with Crippen LogP contribution in [0.3, 0.4) is 0 Å². The van der Waals surface area contributed by atoms with Gasteiger partial charge in [-0.25, -0.2) is 4.98 Å². The number of benzene rings is 1. The highest BCUT2D eigenvalue weighted by atomic mass is 16.5. The Balaban J connectivity index is 1.42. The Hall–Kier alpha value is -3.16. The molecule has 0 radical (unpaired) electrons. The van der Waals surface area contributed by atoms with Gasteiger partial charge in [0.05, 0.1) is 0 Å². The molecule has 2 heterocycles. The third kappa shape index (κ3) is 5.26. The van der Waals surface area contributed by atoms with Gasteiger partial charge in [0, 0.05) is 37.5 Å². The number of aromatic nitrogens is 1. The average Bonchev–Trinajstić information content (AvgIpc) is 3.31. The molecule has 1 saturated heterocycles. The number of nitrogens with zero attached hydrogens (tertiary/aromatic N) is 2. The normalized spacial score (nSPS) is 19.9. The predicted molar refractivity (Wildman–Crippen MR) is 125 cm³/mol. The first-order chi connectivity index (χ1) is 15.9. The molecule has 1 saturated carbocycles. The summed E-state index contributed by atoms with van der Waals surface area (Å²) in [5.41, 5.74) is 6.86. The van der Waals surface area contributed by atoms with Crippen LogP contribution in [-0.4, -0.2) is 46.4 Å². The summed E-state index contributed by atoms with van der Waals surface area (Å²) >= 11 is 0. The third-order valence-corrected chi connectivity index (χ3v) is 6.78. The van der Waals surface area contributed by atoms with E-state index in [1.807, 2.05) is 24.3 Å². The zero-order valence-electron chi connectivity index (χ0n) is 19.1. The van der Waals surface area contributed by atoms with Gasteiger partial charge in [0.2, 0.25) is 5.91 Å². The number of nitrogen functional groups attached to an aromatic ring is 1. The van der Waals surface area contributed by atoms with Crippen molar-refractivity contribution in [3.63, 3.8) is 0 Å². The summed E-state index contributed by atoms with van der Waals surface area (Å²) in [7, 11) is 0. The lowest BCUT2D eigenvalue weighted by Gasteiger charge is -2.33. The van der Waals surface area contributed by atoms with Gasteiger partial charge in [0.15, 0.2) is 6.10 Å². The van der Waals surface area contributed by atoms with Crippen molar-refractivity contribution in [1.29, 1.82) is 0 Å².